The third-order valence-corrected chi connectivity index (χ3v) is 4.80. The second kappa shape index (κ2) is 7.58. The van der Waals surface area contributed by atoms with Gasteiger partial charge < -0.3 is 24.1 Å². The number of aldehydes is 1. The second-order valence-corrected chi connectivity index (χ2v) is 6.22. The lowest BCUT2D eigenvalue weighted by atomic mass is 10.00. The Morgan fingerprint density at radius 1 is 0.963 bits per heavy atom. The van der Waals surface area contributed by atoms with Gasteiger partial charge >= 0.3 is 0 Å². The van der Waals surface area contributed by atoms with E-state index in [0.717, 1.165) is 45.4 Å². The molecule has 0 heterocycles. The Bertz CT molecular complexity index is 928. The standard InChI is InChI=1S/C22H22O5/c1-13-16(7-8-23)19-12-15(25-2)5-6-17(19)18(13)9-14-10-20(26-3)22(24)21(11-14)27-4/h5-6,8-12,24H,7H2,1-4H3/b18-9-. The molecule has 0 unspecified atom stereocenters. The molecule has 0 saturated carbocycles. The van der Waals surface area contributed by atoms with Crippen LogP contribution < -0.4 is 14.2 Å². The number of ether oxygens (including phenoxy) is 3. The first kappa shape index (κ1) is 18.6. The number of aromatic hydroxyl groups is 1. The minimum Gasteiger partial charge on any atom is -0.502 e. The monoisotopic (exact) mass is 366 g/mol. The van der Waals surface area contributed by atoms with E-state index in [4.69, 9.17) is 14.2 Å². The van der Waals surface area contributed by atoms with Gasteiger partial charge in [0.25, 0.3) is 0 Å². The van der Waals surface area contributed by atoms with Gasteiger partial charge in [0.1, 0.15) is 12.0 Å². The number of carbonyl (C=O) groups excluding carboxylic acids is 1. The van der Waals surface area contributed by atoms with Crippen LogP contribution in [-0.4, -0.2) is 32.7 Å². The zero-order valence-electron chi connectivity index (χ0n) is 15.8. The van der Waals surface area contributed by atoms with Crippen molar-refractivity contribution < 1.29 is 24.1 Å². The molecular formula is C22H22O5. The van der Waals surface area contributed by atoms with Crippen LogP contribution in [0.4, 0.5) is 0 Å². The van der Waals surface area contributed by atoms with Crippen LogP contribution in [0.15, 0.2) is 35.9 Å². The van der Waals surface area contributed by atoms with Crippen molar-refractivity contribution in [2.24, 2.45) is 0 Å². The Morgan fingerprint density at radius 2 is 1.63 bits per heavy atom. The molecule has 3 rings (SSSR count). The Balaban J connectivity index is 2.18. The molecule has 0 atom stereocenters. The molecule has 140 valence electrons. The number of benzene rings is 2. The molecule has 1 aliphatic carbocycles. The van der Waals surface area contributed by atoms with Crippen LogP contribution in [-0.2, 0) is 4.79 Å². The maximum Gasteiger partial charge on any atom is 0.200 e. The normalized spacial score (nSPS) is 14.3. The van der Waals surface area contributed by atoms with Gasteiger partial charge in [0.15, 0.2) is 11.5 Å². The summed E-state index contributed by atoms with van der Waals surface area (Å²) in [6, 6.07) is 9.35. The largest absolute Gasteiger partial charge is 0.502 e. The van der Waals surface area contributed by atoms with E-state index in [-0.39, 0.29) is 5.75 Å². The zero-order chi connectivity index (χ0) is 19.6. The number of fused-ring (bicyclic) bond motifs is 1. The number of carbonyl (C=O) groups is 1. The maximum absolute atomic E-state index is 11.2. The molecule has 2 aromatic carbocycles. The lowest BCUT2D eigenvalue weighted by Gasteiger charge is -2.11. The van der Waals surface area contributed by atoms with Crippen LogP contribution >= 0.6 is 0 Å². The van der Waals surface area contributed by atoms with Crippen LogP contribution in [0, 0.1) is 0 Å². The SMILES string of the molecule is COc1ccc2c(c1)C(CC=O)=C(C)/C2=C/c1cc(OC)c(O)c(OC)c1. The first-order chi connectivity index (χ1) is 13.0. The zero-order valence-corrected chi connectivity index (χ0v) is 15.8. The fourth-order valence-corrected chi connectivity index (χ4v) is 3.40. The van der Waals surface area contributed by atoms with Crippen LogP contribution in [0.25, 0.3) is 17.2 Å². The van der Waals surface area contributed by atoms with Crippen LogP contribution in [0.3, 0.4) is 0 Å². The second-order valence-electron chi connectivity index (χ2n) is 6.22. The van der Waals surface area contributed by atoms with Gasteiger partial charge in [-0.3, -0.25) is 0 Å². The van der Waals surface area contributed by atoms with Crippen molar-refractivity contribution in [2.45, 2.75) is 13.3 Å². The van der Waals surface area contributed by atoms with E-state index in [2.05, 4.69) is 0 Å². The smallest absolute Gasteiger partial charge is 0.200 e. The summed E-state index contributed by atoms with van der Waals surface area (Å²) in [5.41, 5.74) is 5.91. The Kier molecular flexibility index (Phi) is 5.21. The van der Waals surface area contributed by atoms with Gasteiger partial charge in [-0.1, -0.05) is 6.07 Å². The molecule has 0 aromatic heterocycles. The van der Waals surface area contributed by atoms with Gasteiger partial charge in [-0.2, -0.15) is 0 Å². The molecular weight excluding hydrogens is 344 g/mol. The highest BCUT2D eigenvalue weighted by Gasteiger charge is 2.24. The van der Waals surface area contributed by atoms with E-state index < -0.39 is 0 Å². The molecule has 1 aliphatic rings. The predicted octanol–water partition coefficient (Wildman–Crippen LogP) is 4.33. The number of hydrogen-bond donors (Lipinski definition) is 1. The number of rotatable bonds is 6. The quantitative estimate of drug-likeness (QED) is 0.771. The molecule has 0 aliphatic heterocycles. The van der Waals surface area contributed by atoms with Gasteiger partial charge in [0.2, 0.25) is 5.75 Å². The molecule has 0 saturated heterocycles. The van der Waals surface area contributed by atoms with Gasteiger partial charge in [-0.15, -0.1) is 0 Å². The lowest BCUT2D eigenvalue weighted by molar-refractivity contribution is -0.107. The first-order valence-corrected chi connectivity index (χ1v) is 8.53. The highest BCUT2D eigenvalue weighted by molar-refractivity contribution is 6.07. The summed E-state index contributed by atoms with van der Waals surface area (Å²) in [4.78, 5) is 11.2. The topological polar surface area (TPSA) is 65.0 Å². The van der Waals surface area contributed by atoms with Gasteiger partial charge in [0.05, 0.1) is 21.3 Å². The van der Waals surface area contributed by atoms with Crippen molar-refractivity contribution in [2.75, 3.05) is 21.3 Å². The number of phenolic OH excluding ortho intramolecular Hbond substituents is 1. The van der Waals surface area contributed by atoms with Crippen molar-refractivity contribution in [1.29, 1.82) is 0 Å². The molecule has 0 bridgehead atoms. The summed E-state index contributed by atoms with van der Waals surface area (Å²) in [6.07, 6.45) is 3.26. The van der Waals surface area contributed by atoms with Gasteiger partial charge in [-0.25, -0.2) is 0 Å². The molecule has 0 radical (unpaired) electrons. The Morgan fingerprint density at radius 3 is 2.19 bits per heavy atom. The highest BCUT2D eigenvalue weighted by Crippen LogP contribution is 2.45. The summed E-state index contributed by atoms with van der Waals surface area (Å²) in [5, 5.41) is 10.1. The molecule has 0 fully saturated rings. The fraction of sp³-hybridized carbons (Fsp3) is 0.227. The van der Waals surface area contributed by atoms with Crippen molar-refractivity contribution >= 4 is 23.5 Å². The third-order valence-electron chi connectivity index (χ3n) is 4.80. The fourth-order valence-electron chi connectivity index (χ4n) is 3.40. The Labute approximate surface area is 158 Å². The van der Waals surface area contributed by atoms with E-state index in [0.29, 0.717) is 17.9 Å². The summed E-state index contributed by atoms with van der Waals surface area (Å²) in [5.74, 6) is 1.39. The number of allylic oxidation sites excluding steroid dienone is 3. The predicted molar refractivity (Wildman–Crippen MR) is 105 cm³/mol. The molecule has 1 N–H and O–H groups in total. The van der Waals surface area contributed by atoms with E-state index in [1.165, 1.54) is 14.2 Å². The lowest BCUT2D eigenvalue weighted by Crippen LogP contribution is -1.91. The van der Waals surface area contributed by atoms with E-state index in [9.17, 15) is 9.90 Å². The number of methoxy groups -OCH3 is 3. The van der Waals surface area contributed by atoms with Crippen molar-refractivity contribution in [3.8, 4) is 23.0 Å². The van der Waals surface area contributed by atoms with Crippen LogP contribution in [0.5, 0.6) is 23.0 Å². The Hall–Kier alpha value is -3.21. The molecule has 5 nitrogen and oxygen atoms in total. The van der Waals surface area contributed by atoms with Crippen molar-refractivity contribution in [1.82, 2.24) is 0 Å². The number of phenols is 1. The minimum absolute atomic E-state index is 0.0346. The van der Waals surface area contributed by atoms with Crippen molar-refractivity contribution in [3.05, 3.63) is 52.6 Å². The third kappa shape index (κ3) is 3.28. The highest BCUT2D eigenvalue weighted by atomic mass is 16.5. The molecule has 0 spiro atoms. The molecule has 27 heavy (non-hydrogen) atoms. The average molecular weight is 366 g/mol. The van der Waals surface area contributed by atoms with E-state index in [1.807, 2.05) is 31.2 Å². The summed E-state index contributed by atoms with van der Waals surface area (Å²) in [7, 11) is 4.62. The van der Waals surface area contributed by atoms with E-state index >= 15 is 0 Å². The minimum atomic E-state index is -0.0346. The average Bonchev–Trinajstić information content (AvgIpc) is 2.94. The molecule has 0 amide bonds. The summed E-state index contributed by atoms with van der Waals surface area (Å²) < 4.78 is 15.8. The maximum atomic E-state index is 11.2. The summed E-state index contributed by atoms with van der Waals surface area (Å²) >= 11 is 0. The van der Waals surface area contributed by atoms with Crippen molar-refractivity contribution in [3.63, 3.8) is 0 Å². The first-order valence-electron chi connectivity index (χ1n) is 8.53. The van der Waals surface area contributed by atoms with Gasteiger partial charge in [0, 0.05) is 6.42 Å². The molecule has 2 aromatic rings. The van der Waals surface area contributed by atoms with Crippen LogP contribution in [0.2, 0.25) is 0 Å². The molecule has 5 heteroatoms. The van der Waals surface area contributed by atoms with Crippen LogP contribution in [0.1, 0.15) is 30.0 Å². The summed E-state index contributed by atoms with van der Waals surface area (Å²) in [6.45, 7) is 2.01. The number of hydrogen-bond acceptors (Lipinski definition) is 5. The van der Waals surface area contributed by atoms with E-state index in [1.54, 1.807) is 19.2 Å². The van der Waals surface area contributed by atoms with Gasteiger partial charge in [-0.05, 0) is 70.7 Å².